The number of benzene rings is 2. The van der Waals surface area contributed by atoms with Gasteiger partial charge >= 0.3 is 5.97 Å². The number of nitrogens with zero attached hydrogens (tertiary/aromatic N) is 1. The van der Waals surface area contributed by atoms with E-state index in [9.17, 15) is 9.90 Å². The number of hydrogen-bond donors (Lipinski definition) is 1. The Morgan fingerprint density at radius 2 is 1.84 bits per heavy atom. The van der Waals surface area contributed by atoms with E-state index in [-0.39, 0.29) is 0 Å². The number of fused-ring (bicyclic) bond motifs is 1. The molecule has 0 radical (unpaired) electrons. The first-order chi connectivity index (χ1) is 11.9. The van der Waals surface area contributed by atoms with E-state index in [1.807, 2.05) is 24.4 Å². The van der Waals surface area contributed by atoms with Gasteiger partial charge < -0.3 is 5.11 Å². The van der Waals surface area contributed by atoms with Crippen molar-refractivity contribution < 1.29 is 9.90 Å². The second-order valence-corrected chi connectivity index (χ2v) is 8.85. The Balaban J connectivity index is 2.00. The van der Waals surface area contributed by atoms with Crippen molar-refractivity contribution in [1.29, 1.82) is 0 Å². The van der Waals surface area contributed by atoms with Crippen molar-refractivity contribution in [2.75, 3.05) is 0 Å². The number of aromatic nitrogens is 1. The molecule has 0 saturated heterocycles. The standard InChI is InChI=1S/C20H18BrNO2S/c1-20(2,19(23)24)25-18-9-10-22-12-14(18)11-13-7-8-17(21)16-6-4-3-5-15(13)16/h3-10,12H,11H2,1-2H3,(H,23,24). The van der Waals surface area contributed by atoms with Crippen molar-refractivity contribution in [2.45, 2.75) is 29.9 Å². The summed E-state index contributed by atoms with van der Waals surface area (Å²) in [6.07, 6.45) is 4.25. The van der Waals surface area contributed by atoms with Gasteiger partial charge in [-0.1, -0.05) is 46.3 Å². The molecule has 0 atom stereocenters. The highest BCUT2D eigenvalue weighted by Crippen LogP contribution is 2.36. The second kappa shape index (κ2) is 7.18. The number of carboxylic acid groups (broad SMARTS) is 1. The number of hydrogen-bond acceptors (Lipinski definition) is 3. The van der Waals surface area contributed by atoms with Crippen molar-refractivity contribution in [1.82, 2.24) is 4.98 Å². The molecule has 0 aliphatic carbocycles. The van der Waals surface area contributed by atoms with Crippen LogP contribution in [0, 0.1) is 0 Å². The molecule has 3 nitrogen and oxygen atoms in total. The van der Waals surface area contributed by atoms with Gasteiger partial charge in [0.2, 0.25) is 0 Å². The van der Waals surface area contributed by atoms with Crippen molar-refractivity contribution in [2.24, 2.45) is 0 Å². The molecule has 25 heavy (non-hydrogen) atoms. The van der Waals surface area contributed by atoms with Crippen molar-refractivity contribution in [3.8, 4) is 0 Å². The van der Waals surface area contributed by atoms with Gasteiger partial charge in [0.1, 0.15) is 4.75 Å². The van der Waals surface area contributed by atoms with Crippen LogP contribution in [0.15, 0.2) is 64.2 Å². The normalized spacial score (nSPS) is 11.6. The van der Waals surface area contributed by atoms with Gasteiger partial charge in [0.05, 0.1) is 0 Å². The van der Waals surface area contributed by atoms with Crippen LogP contribution in [0.5, 0.6) is 0 Å². The summed E-state index contributed by atoms with van der Waals surface area (Å²) in [4.78, 5) is 16.7. The van der Waals surface area contributed by atoms with E-state index in [4.69, 9.17) is 0 Å². The molecule has 3 rings (SSSR count). The Morgan fingerprint density at radius 3 is 2.56 bits per heavy atom. The average molecular weight is 416 g/mol. The van der Waals surface area contributed by atoms with Gasteiger partial charge in [-0.25, -0.2) is 0 Å². The number of aliphatic carboxylic acids is 1. The first-order valence-electron chi connectivity index (χ1n) is 7.90. The molecule has 0 spiro atoms. The maximum absolute atomic E-state index is 11.5. The Kier molecular flexibility index (Phi) is 5.16. The quantitative estimate of drug-likeness (QED) is 0.555. The molecule has 0 fully saturated rings. The smallest absolute Gasteiger partial charge is 0.319 e. The third-order valence-electron chi connectivity index (χ3n) is 4.08. The maximum atomic E-state index is 11.5. The van der Waals surface area contributed by atoms with Gasteiger partial charge in [-0.3, -0.25) is 9.78 Å². The molecule has 1 aromatic heterocycles. The van der Waals surface area contributed by atoms with Crippen LogP contribution in [-0.2, 0) is 11.2 Å². The fourth-order valence-corrected chi connectivity index (χ4v) is 4.15. The zero-order valence-corrected chi connectivity index (χ0v) is 16.4. The summed E-state index contributed by atoms with van der Waals surface area (Å²) in [5.41, 5.74) is 2.23. The highest BCUT2D eigenvalue weighted by molar-refractivity contribution is 9.10. The number of halogens is 1. The molecule has 128 valence electrons. The van der Waals surface area contributed by atoms with Gasteiger partial charge in [0, 0.05) is 28.2 Å². The lowest BCUT2D eigenvalue weighted by Crippen LogP contribution is -2.27. The number of thioether (sulfide) groups is 1. The molecule has 0 aliphatic rings. The Hall–Kier alpha value is -1.85. The van der Waals surface area contributed by atoms with Gasteiger partial charge in [-0.2, -0.15) is 0 Å². The van der Waals surface area contributed by atoms with E-state index in [1.165, 1.54) is 28.1 Å². The van der Waals surface area contributed by atoms with Crippen molar-refractivity contribution in [3.63, 3.8) is 0 Å². The summed E-state index contributed by atoms with van der Waals surface area (Å²) < 4.78 is 0.178. The average Bonchev–Trinajstić information content (AvgIpc) is 2.59. The molecule has 5 heteroatoms. The van der Waals surface area contributed by atoms with Crippen molar-refractivity contribution >= 4 is 44.4 Å². The van der Waals surface area contributed by atoms with Crippen LogP contribution in [0.4, 0.5) is 0 Å². The van der Waals surface area contributed by atoms with Crippen LogP contribution in [0.2, 0.25) is 0 Å². The molecule has 2 aromatic carbocycles. The minimum atomic E-state index is -0.891. The lowest BCUT2D eigenvalue weighted by Gasteiger charge is -2.20. The number of rotatable bonds is 5. The molecule has 0 amide bonds. The van der Waals surface area contributed by atoms with Gasteiger partial charge in [-0.15, -0.1) is 11.8 Å². The Morgan fingerprint density at radius 1 is 1.12 bits per heavy atom. The molecule has 0 aliphatic heterocycles. The minimum Gasteiger partial charge on any atom is -0.480 e. The van der Waals surface area contributed by atoms with E-state index in [0.717, 1.165) is 14.9 Å². The number of carbonyl (C=O) groups is 1. The third-order valence-corrected chi connectivity index (χ3v) is 6.08. The monoisotopic (exact) mass is 415 g/mol. The van der Waals surface area contributed by atoms with E-state index in [1.54, 1.807) is 20.0 Å². The highest BCUT2D eigenvalue weighted by atomic mass is 79.9. The van der Waals surface area contributed by atoms with Crippen LogP contribution in [0.25, 0.3) is 10.8 Å². The summed E-state index contributed by atoms with van der Waals surface area (Å²) in [6.45, 7) is 3.44. The van der Waals surface area contributed by atoms with Gasteiger partial charge in [0.15, 0.2) is 0 Å². The van der Waals surface area contributed by atoms with E-state index in [2.05, 4.69) is 45.2 Å². The third kappa shape index (κ3) is 3.88. The highest BCUT2D eigenvalue weighted by Gasteiger charge is 2.29. The molecule has 0 saturated carbocycles. The topological polar surface area (TPSA) is 50.2 Å². The summed E-state index contributed by atoms with van der Waals surface area (Å²) in [6, 6.07) is 14.3. The predicted octanol–water partition coefficient (Wildman–Crippen LogP) is 5.54. The first-order valence-corrected chi connectivity index (χ1v) is 9.51. The van der Waals surface area contributed by atoms with Crippen LogP contribution in [0.3, 0.4) is 0 Å². The Labute approximate surface area is 159 Å². The first kappa shape index (κ1) is 18.0. The zero-order chi connectivity index (χ0) is 18.0. The van der Waals surface area contributed by atoms with Gasteiger partial charge in [0.25, 0.3) is 0 Å². The SMILES string of the molecule is CC(C)(Sc1ccncc1Cc1ccc(Br)c2ccccc12)C(=O)O. The van der Waals surface area contributed by atoms with E-state index in [0.29, 0.717) is 6.42 Å². The largest absolute Gasteiger partial charge is 0.480 e. The lowest BCUT2D eigenvalue weighted by molar-refractivity contribution is -0.138. The molecule has 1 heterocycles. The van der Waals surface area contributed by atoms with E-state index < -0.39 is 10.7 Å². The van der Waals surface area contributed by atoms with Crippen LogP contribution < -0.4 is 0 Å². The molecule has 0 bridgehead atoms. The summed E-state index contributed by atoms with van der Waals surface area (Å²) in [5.74, 6) is -0.825. The van der Waals surface area contributed by atoms with Crippen LogP contribution in [-0.4, -0.2) is 20.8 Å². The predicted molar refractivity (Wildman–Crippen MR) is 106 cm³/mol. The van der Waals surface area contributed by atoms with Crippen molar-refractivity contribution in [3.05, 3.63) is 70.5 Å². The fourth-order valence-electron chi connectivity index (χ4n) is 2.65. The molecule has 0 unspecified atom stereocenters. The molecule has 3 aromatic rings. The molecular formula is C20H18BrNO2S. The Bertz CT molecular complexity index is 940. The van der Waals surface area contributed by atoms with E-state index >= 15 is 0 Å². The van der Waals surface area contributed by atoms with Crippen LogP contribution >= 0.6 is 27.7 Å². The summed E-state index contributed by atoms with van der Waals surface area (Å²) in [5, 5.41) is 11.8. The zero-order valence-electron chi connectivity index (χ0n) is 14.0. The summed E-state index contributed by atoms with van der Waals surface area (Å²) in [7, 11) is 0. The minimum absolute atomic E-state index is 0.708. The number of pyridine rings is 1. The van der Waals surface area contributed by atoms with Gasteiger partial charge in [-0.05, 0) is 47.9 Å². The lowest BCUT2D eigenvalue weighted by atomic mass is 9.99. The fraction of sp³-hybridized carbons (Fsp3) is 0.200. The molecule has 1 N–H and O–H groups in total. The number of carboxylic acids is 1. The maximum Gasteiger partial charge on any atom is 0.319 e. The summed E-state index contributed by atoms with van der Waals surface area (Å²) >= 11 is 4.96. The second-order valence-electron chi connectivity index (χ2n) is 6.33. The molecular weight excluding hydrogens is 398 g/mol. The van der Waals surface area contributed by atoms with Crippen LogP contribution in [0.1, 0.15) is 25.0 Å².